The van der Waals surface area contributed by atoms with Crippen molar-refractivity contribution in [2.24, 2.45) is 0 Å². The lowest BCUT2D eigenvalue weighted by Crippen LogP contribution is -2.23. The lowest BCUT2D eigenvalue weighted by molar-refractivity contribution is 0.0965. The number of hydrogen-bond donors (Lipinski definition) is 1. The first-order valence-electron chi connectivity index (χ1n) is 6.16. The van der Waals surface area contributed by atoms with Gasteiger partial charge in [0.1, 0.15) is 0 Å². The minimum atomic E-state index is -0.0669. The molecule has 3 heteroatoms. The van der Waals surface area contributed by atoms with Gasteiger partial charge in [0.15, 0.2) is 0 Å². The molecule has 2 nitrogen and oxygen atoms in total. The zero-order valence-corrected chi connectivity index (χ0v) is 12.0. The predicted molar refractivity (Wildman–Crippen MR) is 80.5 cm³/mol. The van der Waals surface area contributed by atoms with Crippen LogP contribution in [0.15, 0.2) is 48.7 Å². The smallest absolute Gasteiger partial charge is 0.256 e. The summed E-state index contributed by atoms with van der Waals surface area (Å²) in [6.45, 7) is 7.90. The Morgan fingerprint density at radius 1 is 1.26 bits per heavy atom. The Morgan fingerprint density at radius 3 is 2.53 bits per heavy atom. The van der Waals surface area contributed by atoms with Crippen molar-refractivity contribution in [1.29, 1.82) is 0 Å². The number of carbonyl (C=O) groups is 1. The van der Waals surface area contributed by atoms with Crippen LogP contribution in [0.4, 0.5) is 0 Å². The molecule has 2 aromatic rings. The second-order valence-corrected chi connectivity index (χ2v) is 6.01. The van der Waals surface area contributed by atoms with Gasteiger partial charge in [-0.2, -0.15) is 0 Å². The monoisotopic (exact) mass is 271 g/mol. The van der Waals surface area contributed by atoms with E-state index in [9.17, 15) is 4.79 Å². The number of allylic oxidation sites excluding steroid dienone is 1. The molecule has 98 valence electrons. The Balaban J connectivity index is 2.00. The molecule has 0 saturated carbocycles. The quantitative estimate of drug-likeness (QED) is 0.899. The molecular weight excluding hydrogens is 254 g/mol. The fourth-order valence-electron chi connectivity index (χ4n) is 1.97. The van der Waals surface area contributed by atoms with Crippen LogP contribution in [0.25, 0.3) is 0 Å². The van der Waals surface area contributed by atoms with E-state index in [0.717, 1.165) is 26.6 Å². The molecule has 1 amide bonds. The lowest BCUT2D eigenvalue weighted by atomic mass is 10.1. The number of amides is 1. The highest BCUT2D eigenvalue weighted by molar-refractivity contribution is 7.12. The number of rotatable bonds is 4. The summed E-state index contributed by atoms with van der Waals surface area (Å²) in [7, 11) is 0. The Kier molecular flexibility index (Phi) is 4.17. The van der Waals surface area contributed by atoms with Crippen LogP contribution in [0.3, 0.4) is 0 Å². The highest BCUT2D eigenvalue weighted by Crippen LogP contribution is 2.20. The molecule has 0 saturated heterocycles. The Bertz CT molecular complexity index is 598. The molecule has 0 bridgehead atoms. The number of nitrogens with one attached hydrogen (secondary N) is 1. The minimum Gasteiger partial charge on any atom is -0.326 e. The van der Waals surface area contributed by atoms with Crippen molar-refractivity contribution in [2.45, 2.75) is 20.3 Å². The molecule has 1 aromatic heterocycles. The van der Waals surface area contributed by atoms with Gasteiger partial charge in [0, 0.05) is 21.9 Å². The number of carbonyl (C=O) groups excluding carboxylic acids is 1. The SMILES string of the molecule is C=C(Cc1ccccc1)NC(=O)c1cc(C)sc1C. The molecule has 1 heterocycles. The number of benzene rings is 1. The second kappa shape index (κ2) is 5.85. The molecule has 1 N–H and O–H groups in total. The summed E-state index contributed by atoms with van der Waals surface area (Å²) in [5, 5.41) is 2.87. The van der Waals surface area contributed by atoms with Gasteiger partial charge in [-0.3, -0.25) is 4.79 Å². The van der Waals surface area contributed by atoms with Crippen molar-refractivity contribution in [3.63, 3.8) is 0 Å². The fraction of sp³-hybridized carbons (Fsp3) is 0.188. The van der Waals surface area contributed by atoms with E-state index >= 15 is 0 Å². The molecule has 0 atom stereocenters. The maximum atomic E-state index is 12.1. The van der Waals surface area contributed by atoms with E-state index < -0.39 is 0 Å². The topological polar surface area (TPSA) is 29.1 Å². The zero-order valence-electron chi connectivity index (χ0n) is 11.2. The molecule has 0 fully saturated rings. The molecular formula is C16H17NOS. The predicted octanol–water partition coefficient (Wildman–Crippen LogP) is 3.85. The van der Waals surface area contributed by atoms with Gasteiger partial charge >= 0.3 is 0 Å². The number of hydrogen-bond acceptors (Lipinski definition) is 2. The van der Waals surface area contributed by atoms with Gasteiger partial charge in [-0.05, 0) is 25.5 Å². The highest BCUT2D eigenvalue weighted by Gasteiger charge is 2.12. The van der Waals surface area contributed by atoms with Gasteiger partial charge in [-0.25, -0.2) is 0 Å². The normalized spacial score (nSPS) is 10.2. The molecule has 0 spiro atoms. The van der Waals surface area contributed by atoms with Crippen molar-refractivity contribution in [1.82, 2.24) is 5.32 Å². The molecule has 19 heavy (non-hydrogen) atoms. The third kappa shape index (κ3) is 3.55. The fourth-order valence-corrected chi connectivity index (χ4v) is 2.89. The van der Waals surface area contributed by atoms with Crippen LogP contribution in [0.5, 0.6) is 0 Å². The van der Waals surface area contributed by atoms with E-state index in [0.29, 0.717) is 6.42 Å². The van der Waals surface area contributed by atoms with E-state index in [1.807, 2.05) is 50.2 Å². The van der Waals surface area contributed by atoms with Crippen LogP contribution in [-0.4, -0.2) is 5.91 Å². The van der Waals surface area contributed by atoms with Crippen molar-refractivity contribution >= 4 is 17.2 Å². The van der Waals surface area contributed by atoms with Crippen LogP contribution in [0.1, 0.15) is 25.7 Å². The summed E-state index contributed by atoms with van der Waals surface area (Å²) in [6.07, 6.45) is 0.661. The third-order valence-corrected chi connectivity index (χ3v) is 3.80. The van der Waals surface area contributed by atoms with Crippen molar-refractivity contribution in [2.75, 3.05) is 0 Å². The largest absolute Gasteiger partial charge is 0.326 e. The molecule has 0 radical (unpaired) electrons. The molecule has 0 aliphatic heterocycles. The molecule has 0 unspecified atom stereocenters. The standard InChI is InChI=1S/C16H17NOS/c1-11(9-14-7-5-4-6-8-14)17-16(18)15-10-12(2)19-13(15)3/h4-8,10H,1,9H2,2-3H3,(H,17,18). The third-order valence-electron chi connectivity index (χ3n) is 2.84. The summed E-state index contributed by atoms with van der Waals surface area (Å²) in [6, 6.07) is 11.9. The van der Waals surface area contributed by atoms with Gasteiger partial charge in [0.2, 0.25) is 0 Å². The molecule has 2 rings (SSSR count). The van der Waals surface area contributed by atoms with Gasteiger partial charge in [-0.1, -0.05) is 36.9 Å². The summed E-state index contributed by atoms with van der Waals surface area (Å²) in [4.78, 5) is 14.3. The van der Waals surface area contributed by atoms with Crippen LogP contribution in [0.2, 0.25) is 0 Å². The lowest BCUT2D eigenvalue weighted by Gasteiger charge is -2.08. The number of thiophene rings is 1. The van der Waals surface area contributed by atoms with Crippen molar-refractivity contribution < 1.29 is 4.79 Å². The molecule has 1 aromatic carbocycles. The van der Waals surface area contributed by atoms with Crippen LogP contribution >= 0.6 is 11.3 Å². The zero-order chi connectivity index (χ0) is 13.8. The van der Waals surface area contributed by atoms with Gasteiger partial charge < -0.3 is 5.32 Å². The molecule has 0 aliphatic carbocycles. The van der Waals surface area contributed by atoms with Gasteiger partial charge in [0.05, 0.1) is 5.56 Å². The van der Waals surface area contributed by atoms with Crippen molar-refractivity contribution in [3.8, 4) is 0 Å². The Labute approximate surface area is 117 Å². The Morgan fingerprint density at radius 2 is 1.95 bits per heavy atom. The average Bonchev–Trinajstić information content (AvgIpc) is 2.69. The van der Waals surface area contributed by atoms with E-state index in [1.165, 1.54) is 0 Å². The first-order chi connectivity index (χ1) is 9.06. The molecule has 0 aliphatic rings. The van der Waals surface area contributed by atoms with E-state index in [-0.39, 0.29) is 5.91 Å². The van der Waals surface area contributed by atoms with Crippen molar-refractivity contribution in [3.05, 3.63) is 69.6 Å². The van der Waals surface area contributed by atoms with Crippen LogP contribution < -0.4 is 5.32 Å². The maximum Gasteiger partial charge on any atom is 0.256 e. The van der Waals surface area contributed by atoms with Crippen LogP contribution in [-0.2, 0) is 6.42 Å². The minimum absolute atomic E-state index is 0.0669. The Hall–Kier alpha value is -1.87. The average molecular weight is 271 g/mol. The number of aryl methyl sites for hydroxylation is 2. The highest BCUT2D eigenvalue weighted by atomic mass is 32.1. The maximum absolute atomic E-state index is 12.1. The summed E-state index contributed by atoms with van der Waals surface area (Å²) < 4.78 is 0. The van der Waals surface area contributed by atoms with E-state index in [2.05, 4.69) is 11.9 Å². The summed E-state index contributed by atoms with van der Waals surface area (Å²) >= 11 is 1.64. The first kappa shape index (κ1) is 13.6. The second-order valence-electron chi connectivity index (χ2n) is 4.55. The summed E-state index contributed by atoms with van der Waals surface area (Å²) in [5.41, 5.74) is 2.61. The summed E-state index contributed by atoms with van der Waals surface area (Å²) in [5.74, 6) is -0.0669. The van der Waals surface area contributed by atoms with Crippen LogP contribution in [0, 0.1) is 13.8 Å². The first-order valence-corrected chi connectivity index (χ1v) is 6.98. The van der Waals surface area contributed by atoms with Gasteiger partial charge in [-0.15, -0.1) is 11.3 Å². The van der Waals surface area contributed by atoms with E-state index in [4.69, 9.17) is 0 Å². The van der Waals surface area contributed by atoms with Gasteiger partial charge in [0.25, 0.3) is 5.91 Å². The van der Waals surface area contributed by atoms with E-state index in [1.54, 1.807) is 11.3 Å².